The fourth-order valence-electron chi connectivity index (χ4n) is 1.02. The van der Waals surface area contributed by atoms with Crippen molar-refractivity contribution in [1.29, 1.82) is 0 Å². The smallest absolute Gasteiger partial charge is 0.306 e. The van der Waals surface area contributed by atoms with Gasteiger partial charge in [-0.25, -0.2) is 0 Å². The van der Waals surface area contributed by atoms with Crippen molar-refractivity contribution in [2.45, 2.75) is 12.8 Å². The summed E-state index contributed by atoms with van der Waals surface area (Å²) in [5.41, 5.74) is 0. The number of rotatable bonds is 2. The molecule has 0 spiro atoms. The monoisotopic (exact) mass is 144 g/mol. The molecule has 4 heteroatoms. The fourth-order valence-corrected chi connectivity index (χ4v) is 1.02. The second-order valence-corrected chi connectivity index (χ2v) is 2.54. The van der Waals surface area contributed by atoms with Crippen LogP contribution in [0.2, 0.25) is 0 Å². The van der Waals surface area contributed by atoms with Gasteiger partial charge in [-0.15, -0.1) is 0 Å². The second kappa shape index (κ2) is 2.28. The van der Waals surface area contributed by atoms with E-state index in [2.05, 4.69) is 0 Å². The van der Waals surface area contributed by atoms with Crippen LogP contribution in [0.5, 0.6) is 0 Å². The van der Waals surface area contributed by atoms with E-state index in [1.807, 2.05) is 0 Å². The predicted octanol–water partition coefficient (Wildman–Crippen LogP) is 0.182. The lowest BCUT2D eigenvalue weighted by molar-refractivity contribution is -0.154. The van der Waals surface area contributed by atoms with E-state index in [0.717, 1.165) is 0 Å². The number of carbonyl (C=O) groups is 2. The summed E-state index contributed by atoms with van der Waals surface area (Å²) in [5.74, 6) is -2.59. The van der Waals surface area contributed by atoms with Gasteiger partial charge < -0.3 is 10.2 Å². The lowest BCUT2D eigenvalue weighted by atomic mass is 9.75. The minimum Gasteiger partial charge on any atom is -0.481 e. The van der Waals surface area contributed by atoms with Crippen molar-refractivity contribution >= 4 is 11.9 Å². The molecule has 1 fully saturated rings. The van der Waals surface area contributed by atoms with Gasteiger partial charge in [0.1, 0.15) is 0 Å². The van der Waals surface area contributed by atoms with Crippen molar-refractivity contribution in [3.8, 4) is 0 Å². The van der Waals surface area contributed by atoms with Crippen LogP contribution < -0.4 is 0 Å². The van der Waals surface area contributed by atoms with E-state index in [9.17, 15) is 9.59 Å². The first-order valence-electron chi connectivity index (χ1n) is 3.07. The Labute approximate surface area is 57.5 Å². The van der Waals surface area contributed by atoms with E-state index in [4.69, 9.17) is 10.2 Å². The number of carboxylic acids is 2. The van der Waals surface area contributed by atoms with Crippen molar-refractivity contribution in [1.82, 2.24) is 0 Å². The molecule has 1 aliphatic rings. The van der Waals surface area contributed by atoms with E-state index in [0.29, 0.717) is 12.8 Å². The Morgan fingerprint density at radius 1 is 1.00 bits per heavy atom. The molecule has 0 unspecified atom stereocenters. The fraction of sp³-hybridized carbons (Fsp3) is 0.667. The molecule has 0 radical (unpaired) electrons. The van der Waals surface area contributed by atoms with Crippen molar-refractivity contribution in [3.63, 3.8) is 0 Å². The van der Waals surface area contributed by atoms with Crippen LogP contribution in [0.25, 0.3) is 0 Å². The van der Waals surface area contributed by atoms with Crippen molar-refractivity contribution < 1.29 is 19.8 Å². The molecule has 4 nitrogen and oxygen atoms in total. The Bertz CT molecular complexity index is 151. The zero-order chi connectivity index (χ0) is 7.72. The maximum atomic E-state index is 10.2. The largest absolute Gasteiger partial charge is 0.481 e. The number of hydrogen-bond donors (Lipinski definition) is 2. The van der Waals surface area contributed by atoms with E-state index in [1.54, 1.807) is 0 Å². The first kappa shape index (κ1) is 7.05. The highest BCUT2D eigenvalue weighted by molar-refractivity contribution is 5.77. The normalized spacial score (nSPS) is 30.8. The molecular weight excluding hydrogens is 136 g/mol. The summed E-state index contributed by atoms with van der Waals surface area (Å²) in [4.78, 5) is 20.3. The van der Waals surface area contributed by atoms with E-state index in [-0.39, 0.29) is 0 Å². The number of hydrogen-bond acceptors (Lipinski definition) is 2. The van der Waals surface area contributed by atoms with Gasteiger partial charge in [-0.2, -0.15) is 0 Å². The topological polar surface area (TPSA) is 74.6 Å². The average molecular weight is 144 g/mol. The quantitative estimate of drug-likeness (QED) is 0.579. The summed E-state index contributed by atoms with van der Waals surface area (Å²) >= 11 is 0. The highest BCUT2D eigenvalue weighted by Gasteiger charge is 2.38. The van der Waals surface area contributed by atoms with E-state index >= 15 is 0 Å². The van der Waals surface area contributed by atoms with Crippen molar-refractivity contribution in [2.75, 3.05) is 0 Å². The third-order valence-electron chi connectivity index (χ3n) is 1.84. The van der Waals surface area contributed by atoms with Gasteiger partial charge in [0.05, 0.1) is 11.8 Å². The molecule has 1 saturated carbocycles. The van der Waals surface area contributed by atoms with Crippen LogP contribution in [0.15, 0.2) is 0 Å². The summed E-state index contributed by atoms with van der Waals surface area (Å²) < 4.78 is 0. The third-order valence-corrected chi connectivity index (χ3v) is 1.84. The first-order valence-corrected chi connectivity index (χ1v) is 3.07. The van der Waals surface area contributed by atoms with E-state index < -0.39 is 23.8 Å². The zero-order valence-electron chi connectivity index (χ0n) is 5.28. The maximum absolute atomic E-state index is 10.2. The third kappa shape index (κ3) is 1.10. The molecular formula is C6H8O4. The molecule has 0 amide bonds. The Kier molecular flexibility index (Phi) is 1.61. The Balaban J connectivity index is 2.31. The van der Waals surface area contributed by atoms with Gasteiger partial charge in [-0.3, -0.25) is 9.59 Å². The lowest BCUT2D eigenvalue weighted by Crippen LogP contribution is -2.34. The second-order valence-electron chi connectivity index (χ2n) is 2.54. The van der Waals surface area contributed by atoms with Gasteiger partial charge in [-0.1, -0.05) is 0 Å². The van der Waals surface area contributed by atoms with E-state index in [1.165, 1.54) is 0 Å². The summed E-state index contributed by atoms with van der Waals surface area (Å²) in [6, 6.07) is 0. The van der Waals surface area contributed by atoms with Gasteiger partial charge in [0.15, 0.2) is 0 Å². The Morgan fingerprint density at radius 3 is 1.50 bits per heavy atom. The summed E-state index contributed by atoms with van der Waals surface area (Å²) in [7, 11) is 0. The number of carboxylic acid groups (broad SMARTS) is 2. The molecule has 0 bridgehead atoms. The molecule has 10 heavy (non-hydrogen) atoms. The van der Waals surface area contributed by atoms with Crippen LogP contribution in [0.1, 0.15) is 12.8 Å². The molecule has 56 valence electrons. The minimum atomic E-state index is -0.877. The highest BCUT2D eigenvalue weighted by Crippen LogP contribution is 2.33. The van der Waals surface area contributed by atoms with Gasteiger partial charge in [0.2, 0.25) is 0 Å². The van der Waals surface area contributed by atoms with Crippen LogP contribution in [0, 0.1) is 11.8 Å². The van der Waals surface area contributed by atoms with Gasteiger partial charge in [0, 0.05) is 0 Å². The zero-order valence-corrected chi connectivity index (χ0v) is 5.28. The van der Waals surface area contributed by atoms with Gasteiger partial charge in [-0.05, 0) is 12.8 Å². The molecule has 2 N–H and O–H groups in total. The molecule has 1 rings (SSSR count). The Morgan fingerprint density at radius 2 is 1.30 bits per heavy atom. The van der Waals surface area contributed by atoms with Crippen LogP contribution in [-0.2, 0) is 9.59 Å². The van der Waals surface area contributed by atoms with Crippen LogP contribution >= 0.6 is 0 Å². The Hall–Kier alpha value is -1.06. The first-order chi connectivity index (χ1) is 4.61. The van der Waals surface area contributed by atoms with Crippen LogP contribution in [-0.4, -0.2) is 22.2 Å². The standard InChI is InChI=1S/C6H8O4/c7-5(8)3-1-4(2-3)6(9)10/h3-4H,1-2H2,(H,7,8)(H,9,10). The molecule has 0 aliphatic heterocycles. The van der Waals surface area contributed by atoms with Crippen LogP contribution in [0.3, 0.4) is 0 Å². The van der Waals surface area contributed by atoms with Crippen LogP contribution in [0.4, 0.5) is 0 Å². The average Bonchev–Trinajstić information content (AvgIpc) is 1.56. The lowest BCUT2D eigenvalue weighted by Gasteiger charge is -2.28. The molecule has 0 heterocycles. The summed E-state index contributed by atoms with van der Waals surface area (Å²) in [6.45, 7) is 0. The van der Waals surface area contributed by atoms with Crippen molar-refractivity contribution in [2.24, 2.45) is 11.8 Å². The summed E-state index contributed by atoms with van der Waals surface area (Å²) in [5, 5.41) is 16.7. The predicted molar refractivity (Wildman–Crippen MR) is 31.5 cm³/mol. The molecule has 0 aromatic rings. The number of aliphatic carboxylic acids is 2. The SMILES string of the molecule is O=C(O)C1CC(C(=O)O)C1. The maximum Gasteiger partial charge on any atom is 0.306 e. The highest BCUT2D eigenvalue weighted by atomic mass is 16.4. The van der Waals surface area contributed by atoms with Gasteiger partial charge in [0.25, 0.3) is 0 Å². The van der Waals surface area contributed by atoms with Gasteiger partial charge >= 0.3 is 11.9 Å². The summed E-state index contributed by atoms with van der Waals surface area (Å²) in [6.07, 6.45) is 0.593. The molecule has 1 aliphatic carbocycles. The molecule has 0 aromatic carbocycles. The van der Waals surface area contributed by atoms with Crippen molar-refractivity contribution in [3.05, 3.63) is 0 Å². The molecule has 0 atom stereocenters. The molecule has 0 aromatic heterocycles. The molecule has 0 saturated heterocycles. The minimum absolute atomic E-state index is 0.296.